The van der Waals surface area contributed by atoms with Crippen molar-refractivity contribution >= 4 is 11.1 Å². The Bertz CT molecular complexity index is 1720. The Hall–Kier alpha value is -4.50. The van der Waals surface area contributed by atoms with E-state index in [0.29, 0.717) is 41.5 Å². The fourth-order valence-corrected chi connectivity index (χ4v) is 5.02. The first kappa shape index (κ1) is 31.4. The van der Waals surface area contributed by atoms with Gasteiger partial charge in [-0.05, 0) is 81.5 Å². The van der Waals surface area contributed by atoms with Gasteiger partial charge in [0.2, 0.25) is 0 Å². The molecule has 0 aliphatic heterocycles. The van der Waals surface area contributed by atoms with E-state index in [1.165, 1.54) is 0 Å². The highest BCUT2D eigenvalue weighted by molar-refractivity contribution is 6.03. The number of H-pyrrole nitrogens is 1. The van der Waals surface area contributed by atoms with Crippen molar-refractivity contribution in [1.82, 2.24) is 19.7 Å². The molecule has 9 nitrogen and oxygen atoms in total. The molecule has 0 amide bonds. The molecule has 4 rings (SSSR count). The number of nitrogens with one attached hydrogen (secondary N) is 1. The number of aryl methyl sites for hydroxylation is 2. The van der Waals surface area contributed by atoms with E-state index >= 15 is 0 Å². The number of aliphatic hydroxyl groups is 1. The maximum atomic E-state index is 14.0. The Labute approximate surface area is 251 Å². The van der Waals surface area contributed by atoms with Gasteiger partial charge in [0, 0.05) is 17.6 Å². The van der Waals surface area contributed by atoms with Gasteiger partial charge in [0.05, 0.1) is 18.0 Å². The van der Waals surface area contributed by atoms with Crippen LogP contribution in [0.5, 0.6) is 5.75 Å². The third kappa shape index (κ3) is 7.29. The second-order valence-electron chi connectivity index (χ2n) is 11.0. The third-order valence-corrected chi connectivity index (χ3v) is 7.11. The zero-order valence-electron chi connectivity index (χ0n) is 25.7. The first-order valence-electron chi connectivity index (χ1n) is 14.6. The summed E-state index contributed by atoms with van der Waals surface area (Å²) in [5.74, 6) is 1.01. The van der Waals surface area contributed by atoms with Gasteiger partial charge in [-0.15, -0.1) is 0 Å². The van der Waals surface area contributed by atoms with Gasteiger partial charge in [0.25, 0.3) is 5.56 Å². The lowest BCUT2D eigenvalue weighted by Crippen LogP contribution is -2.32. The molecule has 43 heavy (non-hydrogen) atoms. The summed E-state index contributed by atoms with van der Waals surface area (Å²) in [6, 6.07) is 15.3. The molecule has 226 valence electrons. The van der Waals surface area contributed by atoms with Crippen molar-refractivity contribution in [3.8, 4) is 11.4 Å². The van der Waals surface area contributed by atoms with Gasteiger partial charge in [-0.2, -0.15) is 0 Å². The van der Waals surface area contributed by atoms with Crippen LogP contribution in [0.3, 0.4) is 0 Å². The highest BCUT2D eigenvalue weighted by atomic mass is 16.5. The number of rotatable bonds is 12. The summed E-state index contributed by atoms with van der Waals surface area (Å²) in [4.78, 5) is 33.1. The summed E-state index contributed by atoms with van der Waals surface area (Å²) >= 11 is 0. The van der Waals surface area contributed by atoms with E-state index < -0.39 is 11.4 Å². The monoisotopic (exact) mass is 584 g/mol. The van der Waals surface area contributed by atoms with Crippen LogP contribution in [0.25, 0.3) is 16.8 Å². The molecule has 2 N–H and O–H groups in total. The molecular weight excluding hydrogens is 544 g/mol. The van der Waals surface area contributed by atoms with Crippen molar-refractivity contribution in [2.45, 2.75) is 72.8 Å². The highest BCUT2D eigenvalue weighted by Crippen LogP contribution is 2.30. The summed E-state index contributed by atoms with van der Waals surface area (Å²) < 4.78 is 12.2. The standard InChI is InChI=1S/C34H40N4O5/c1-7-10-28(27(9-3)31-36-33(41)43-37-31)24-14-12-23(13-15-24)20-29-30(11-8-2)35-22(4)38(32(29)40)25-16-18-26(19-17-25)42-34(5,6)21-39/h9-10,12-19,39H,7-8,11,20-21H2,1-6H3,(H,36,37,41)/b27-9+,28-10-. The summed E-state index contributed by atoms with van der Waals surface area (Å²) in [6.45, 7) is 11.4. The lowest BCUT2D eigenvalue weighted by atomic mass is 9.94. The van der Waals surface area contributed by atoms with Crippen LogP contribution in [0.4, 0.5) is 0 Å². The minimum atomic E-state index is -0.711. The third-order valence-electron chi connectivity index (χ3n) is 7.11. The number of ether oxygens (including phenoxy) is 1. The zero-order valence-corrected chi connectivity index (χ0v) is 25.7. The van der Waals surface area contributed by atoms with E-state index in [1.807, 2.05) is 77.1 Å². The van der Waals surface area contributed by atoms with Crippen molar-refractivity contribution in [2.24, 2.45) is 0 Å². The van der Waals surface area contributed by atoms with Crippen LogP contribution in [0.1, 0.15) is 81.5 Å². The topological polar surface area (TPSA) is 123 Å². The molecule has 9 heteroatoms. The van der Waals surface area contributed by atoms with E-state index in [-0.39, 0.29) is 12.2 Å². The molecule has 0 fully saturated rings. The molecule has 2 aromatic heterocycles. The number of benzene rings is 2. The second kappa shape index (κ2) is 13.6. The number of nitrogens with zero attached hydrogens (tertiary/aromatic N) is 3. The van der Waals surface area contributed by atoms with Crippen molar-refractivity contribution < 1.29 is 14.4 Å². The molecule has 0 saturated heterocycles. The number of hydrogen-bond acceptors (Lipinski definition) is 7. The Balaban J connectivity index is 1.68. The minimum absolute atomic E-state index is 0.0952. The molecule has 0 aliphatic carbocycles. The van der Waals surface area contributed by atoms with Gasteiger partial charge in [-0.3, -0.25) is 18.9 Å². The predicted molar refractivity (Wildman–Crippen MR) is 169 cm³/mol. The number of aromatic nitrogens is 4. The number of allylic oxidation sites excluding steroid dienone is 4. The van der Waals surface area contributed by atoms with E-state index in [1.54, 1.807) is 16.7 Å². The largest absolute Gasteiger partial charge is 0.485 e. The second-order valence-corrected chi connectivity index (χ2v) is 11.0. The molecule has 0 aliphatic rings. The summed E-state index contributed by atoms with van der Waals surface area (Å²) in [5, 5.41) is 13.4. The van der Waals surface area contributed by atoms with E-state index in [4.69, 9.17) is 14.2 Å². The molecule has 0 bridgehead atoms. The average molecular weight is 585 g/mol. The number of aromatic amines is 1. The van der Waals surface area contributed by atoms with Crippen LogP contribution in [0.2, 0.25) is 0 Å². The predicted octanol–water partition coefficient (Wildman–Crippen LogP) is 5.81. The Morgan fingerprint density at radius 2 is 1.77 bits per heavy atom. The van der Waals surface area contributed by atoms with Crippen molar-refractivity contribution in [3.05, 3.63) is 116 Å². The van der Waals surface area contributed by atoms with Crippen molar-refractivity contribution in [3.63, 3.8) is 0 Å². The van der Waals surface area contributed by atoms with E-state index in [2.05, 4.69) is 23.1 Å². The summed E-state index contributed by atoms with van der Waals surface area (Å²) in [7, 11) is 0. The van der Waals surface area contributed by atoms with Crippen LogP contribution >= 0.6 is 0 Å². The zero-order chi connectivity index (χ0) is 31.1. The summed E-state index contributed by atoms with van der Waals surface area (Å²) in [5.41, 5.74) is 5.02. The molecular formula is C34H40N4O5. The molecule has 0 unspecified atom stereocenters. The van der Waals surface area contributed by atoms with Gasteiger partial charge < -0.3 is 9.84 Å². The van der Waals surface area contributed by atoms with E-state index in [9.17, 15) is 14.7 Å². The Morgan fingerprint density at radius 3 is 2.33 bits per heavy atom. The molecule has 0 radical (unpaired) electrons. The average Bonchev–Trinajstić information content (AvgIpc) is 3.42. The van der Waals surface area contributed by atoms with Crippen LogP contribution < -0.4 is 16.1 Å². The van der Waals surface area contributed by atoms with Crippen LogP contribution in [0.15, 0.2) is 74.8 Å². The summed E-state index contributed by atoms with van der Waals surface area (Å²) in [6.07, 6.45) is 6.78. The normalized spacial score (nSPS) is 12.5. The van der Waals surface area contributed by atoms with Crippen molar-refractivity contribution in [2.75, 3.05) is 6.61 Å². The first-order chi connectivity index (χ1) is 20.6. The maximum Gasteiger partial charge on any atom is 0.439 e. The lowest BCUT2D eigenvalue weighted by Gasteiger charge is -2.24. The van der Waals surface area contributed by atoms with Crippen LogP contribution in [-0.2, 0) is 12.8 Å². The fraction of sp³-hybridized carbons (Fsp3) is 0.353. The van der Waals surface area contributed by atoms with Crippen molar-refractivity contribution in [1.29, 1.82) is 0 Å². The van der Waals surface area contributed by atoms with Crippen LogP contribution in [-0.4, -0.2) is 37.0 Å². The molecule has 0 saturated carbocycles. The minimum Gasteiger partial charge on any atom is -0.485 e. The van der Waals surface area contributed by atoms with Gasteiger partial charge in [-0.1, -0.05) is 61.8 Å². The van der Waals surface area contributed by atoms with Gasteiger partial charge in [0.15, 0.2) is 5.82 Å². The highest BCUT2D eigenvalue weighted by Gasteiger charge is 2.20. The Kier molecular flexibility index (Phi) is 9.98. The molecule has 2 aromatic carbocycles. The maximum absolute atomic E-state index is 14.0. The fourth-order valence-electron chi connectivity index (χ4n) is 5.02. The SMILES string of the molecule is C/C=C(\C(=C/CC)c1ccc(Cc2c(CCC)nc(C)n(-c3ccc(OC(C)(C)CO)cc3)c2=O)cc1)c1noc(=O)[nH]1. The van der Waals surface area contributed by atoms with Crippen LogP contribution in [0, 0.1) is 6.92 Å². The quantitative estimate of drug-likeness (QED) is 0.202. The molecule has 0 spiro atoms. The smallest absolute Gasteiger partial charge is 0.439 e. The van der Waals surface area contributed by atoms with Gasteiger partial charge >= 0.3 is 5.76 Å². The Morgan fingerprint density at radius 1 is 1.07 bits per heavy atom. The first-order valence-corrected chi connectivity index (χ1v) is 14.6. The molecule has 4 aromatic rings. The number of aliphatic hydroxyl groups excluding tert-OH is 1. The van der Waals surface area contributed by atoms with Gasteiger partial charge in [-0.25, -0.2) is 9.78 Å². The molecule has 2 heterocycles. The number of hydrogen-bond donors (Lipinski definition) is 2. The molecule has 0 atom stereocenters. The lowest BCUT2D eigenvalue weighted by molar-refractivity contribution is 0.0412. The van der Waals surface area contributed by atoms with Gasteiger partial charge in [0.1, 0.15) is 17.2 Å². The van der Waals surface area contributed by atoms with E-state index in [0.717, 1.165) is 40.8 Å².